The summed E-state index contributed by atoms with van der Waals surface area (Å²) in [5.41, 5.74) is 0.492. The molecule has 0 aromatic carbocycles. The highest BCUT2D eigenvalue weighted by molar-refractivity contribution is 7.92. The van der Waals surface area contributed by atoms with Crippen LogP contribution in [0.3, 0.4) is 0 Å². The van der Waals surface area contributed by atoms with Crippen molar-refractivity contribution in [2.75, 3.05) is 16.6 Å². The highest BCUT2D eigenvalue weighted by Crippen LogP contribution is 2.25. The van der Waals surface area contributed by atoms with E-state index in [1.165, 1.54) is 18.6 Å². The molecule has 2 aromatic heterocycles. The fourth-order valence-electron chi connectivity index (χ4n) is 1.64. The molecule has 0 saturated carbocycles. The maximum Gasteiger partial charge on any atom is 0.266 e. The quantitative estimate of drug-likeness (QED) is 0.852. The smallest absolute Gasteiger partial charge is 0.266 e. The van der Waals surface area contributed by atoms with Crippen molar-refractivity contribution < 1.29 is 8.42 Å². The zero-order valence-corrected chi connectivity index (χ0v) is 12.9. The van der Waals surface area contributed by atoms with Crippen LogP contribution in [0.2, 0.25) is 5.02 Å². The lowest BCUT2D eigenvalue weighted by Gasteiger charge is -2.13. The molecule has 112 valence electrons. The van der Waals surface area contributed by atoms with Crippen LogP contribution in [0.1, 0.15) is 13.3 Å². The second-order valence-corrected chi connectivity index (χ2v) is 6.30. The molecule has 0 spiro atoms. The summed E-state index contributed by atoms with van der Waals surface area (Å²) in [6.07, 6.45) is 5.16. The summed E-state index contributed by atoms with van der Waals surface area (Å²) in [5, 5.41) is 3.29. The van der Waals surface area contributed by atoms with Gasteiger partial charge in [-0.3, -0.25) is 9.71 Å². The van der Waals surface area contributed by atoms with Crippen LogP contribution in [0, 0.1) is 0 Å². The summed E-state index contributed by atoms with van der Waals surface area (Å²) in [7, 11) is -3.82. The minimum Gasteiger partial charge on any atom is -0.384 e. The highest BCUT2D eigenvalue weighted by Gasteiger charge is 2.20. The molecule has 6 nitrogen and oxygen atoms in total. The molecule has 8 heteroatoms. The lowest BCUT2D eigenvalue weighted by molar-refractivity contribution is 0.601. The van der Waals surface area contributed by atoms with Gasteiger partial charge in [0.05, 0.1) is 10.7 Å². The van der Waals surface area contributed by atoms with Gasteiger partial charge in [-0.2, -0.15) is 0 Å². The van der Waals surface area contributed by atoms with Crippen LogP contribution in [0.25, 0.3) is 0 Å². The molecule has 0 saturated heterocycles. The molecule has 0 bridgehead atoms. The summed E-state index contributed by atoms with van der Waals surface area (Å²) >= 11 is 5.92. The van der Waals surface area contributed by atoms with Gasteiger partial charge >= 0.3 is 0 Å². The van der Waals surface area contributed by atoms with E-state index in [1.807, 2.05) is 6.92 Å². The number of rotatable bonds is 6. The van der Waals surface area contributed by atoms with Gasteiger partial charge in [0, 0.05) is 25.1 Å². The molecule has 0 radical (unpaired) electrons. The first-order valence-corrected chi connectivity index (χ1v) is 8.22. The molecule has 0 aliphatic carbocycles. The number of nitrogens with one attached hydrogen (secondary N) is 2. The third-order valence-corrected chi connectivity index (χ3v) is 4.30. The molecule has 0 fully saturated rings. The summed E-state index contributed by atoms with van der Waals surface area (Å²) in [5.74, 6) is 0.0875. The highest BCUT2D eigenvalue weighted by atomic mass is 35.5. The van der Waals surface area contributed by atoms with Crippen molar-refractivity contribution >= 4 is 33.1 Å². The third-order valence-electron chi connectivity index (χ3n) is 2.63. The first kappa shape index (κ1) is 15.5. The fourth-order valence-corrected chi connectivity index (χ4v) is 3.02. The summed E-state index contributed by atoms with van der Waals surface area (Å²) in [4.78, 5) is 7.84. The maximum absolute atomic E-state index is 12.4. The lowest BCUT2D eigenvalue weighted by atomic mass is 10.4. The number of halogens is 1. The number of aromatic nitrogens is 2. The standard InChI is InChI=1S/C13H15ClN4O2S/c1-2-6-16-11-5-8-15-9-12(11)21(19,20)18-13-10(14)4-3-7-17-13/h3-5,7-9H,2,6H2,1H3,(H,15,16)(H,17,18). The molecule has 21 heavy (non-hydrogen) atoms. The van der Waals surface area contributed by atoms with E-state index in [0.29, 0.717) is 12.2 Å². The first-order valence-electron chi connectivity index (χ1n) is 6.36. The Labute approximate surface area is 128 Å². The number of hydrogen-bond acceptors (Lipinski definition) is 5. The van der Waals surface area contributed by atoms with Gasteiger partial charge in [0.2, 0.25) is 0 Å². The topological polar surface area (TPSA) is 84.0 Å². The van der Waals surface area contributed by atoms with Crippen LogP contribution in [-0.2, 0) is 10.0 Å². The molecule has 0 atom stereocenters. The van der Waals surface area contributed by atoms with Crippen LogP contribution in [0.15, 0.2) is 41.7 Å². The summed E-state index contributed by atoms with van der Waals surface area (Å²) in [6, 6.07) is 4.80. The lowest BCUT2D eigenvalue weighted by Crippen LogP contribution is -2.17. The van der Waals surface area contributed by atoms with Crippen LogP contribution < -0.4 is 10.0 Å². The zero-order valence-electron chi connectivity index (χ0n) is 11.4. The Kier molecular flexibility index (Phi) is 4.98. The van der Waals surface area contributed by atoms with E-state index in [-0.39, 0.29) is 15.7 Å². The van der Waals surface area contributed by atoms with Crippen molar-refractivity contribution in [2.24, 2.45) is 0 Å². The minimum atomic E-state index is -3.82. The fraction of sp³-hybridized carbons (Fsp3) is 0.231. The Morgan fingerprint density at radius 3 is 2.81 bits per heavy atom. The van der Waals surface area contributed by atoms with Gasteiger partial charge in [0.25, 0.3) is 10.0 Å². The summed E-state index contributed by atoms with van der Waals surface area (Å²) in [6.45, 7) is 2.66. The SMILES string of the molecule is CCCNc1ccncc1S(=O)(=O)Nc1ncccc1Cl. The van der Waals surface area contributed by atoms with Crippen molar-refractivity contribution in [1.29, 1.82) is 0 Å². The molecular weight excluding hydrogens is 312 g/mol. The minimum absolute atomic E-state index is 0.0557. The molecule has 2 N–H and O–H groups in total. The van der Waals surface area contributed by atoms with Crippen LogP contribution >= 0.6 is 11.6 Å². The van der Waals surface area contributed by atoms with Crippen molar-refractivity contribution in [3.8, 4) is 0 Å². The van der Waals surface area contributed by atoms with Gasteiger partial charge in [-0.05, 0) is 24.6 Å². The molecule has 2 aromatic rings. The Bertz CT molecular complexity index is 722. The normalized spacial score (nSPS) is 11.1. The van der Waals surface area contributed by atoms with Gasteiger partial charge in [-0.25, -0.2) is 13.4 Å². The van der Waals surface area contributed by atoms with Gasteiger partial charge in [0.1, 0.15) is 4.90 Å². The molecule has 2 rings (SSSR count). The largest absolute Gasteiger partial charge is 0.384 e. The third kappa shape index (κ3) is 3.83. The predicted molar refractivity (Wildman–Crippen MR) is 83.1 cm³/mol. The molecular formula is C13H15ClN4O2S. The number of sulfonamides is 1. The van der Waals surface area contributed by atoms with Crippen molar-refractivity contribution in [2.45, 2.75) is 18.2 Å². The Morgan fingerprint density at radius 1 is 1.29 bits per heavy atom. The Hall–Kier alpha value is -1.86. The average molecular weight is 327 g/mol. The van der Waals surface area contributed by atoms with Crippen LogP contribution in [0.4, 0.5) is 11.5 Å². The van der Waals surface area contributed by atoms with E-state index in [9.17, 15) is 8.42 Å². The number of hydrogen-bond donors (Lipinski definition) is 2. The summed E-state index contributed by atoms with van der Waals surface area (Å²) < 4.78 is 27.3. The predicted octanol–water partition coefficient (Wildman–Crippen LogP) is 2.75. The van der Waals surface area contributed by atoms with E-state index in [0.717, 1.165) is 6.42 Å². The van der Waals surface area contributed by atoms with E-state index in [2.05, 4.69) is 20.0 Å². The monoisotopic (exact) mass is 326 g/mol. The number of anilines is 2. The van der Waals surface area contributed by atoms with Gasteiger partial charge in [0.15, 0.2) is 5.82 Å². The van der Waals surface area contributed by atoms with Gasteiger partial charge < -0.3 is 5.32 Å². The van der Waals surface area contributed by atoms with Crippen molar-refractivity contribution in [1.82, 2.24) is 9.97 Å². The molecule has 0 aliphatic heterocycles. The molecule has 0 unspecified atom stereocenters. The van der Waals surface area contributed by atoms with Crippen LogP contribution in [-0.4, -0.2) is 24.9 Å². The maximum atomic E-state index is 12.4. The number of pyridine rings is 2. The van der Waals surface area contributed by atoms with Crippen molar-refractivity contribution in [3.63, 3.8) is 0 Å². The molecule has 0 aliphatic rings. The van der Waals surface area contributed by atoms with Crippen molar-refractivity contribution in [3.05, 3.63) is 41.8 Å². The Morgan fingerprint density at radius 2 is 2.10 bits per heavy atom. The van der Waals surface area contributed by atoms with E-state index in [1.54, 1.807) is 18.2 Å². The van der Waals surface area contributed by atoms with Crippen LogP contribution in [0.5, 0.6) is 0 Å². The second kappa shape index (κ2) is 6.73. The first-order chi connectivity index (χ1) is 10.0. The average Bonchev–Trinajstić information content (AvgIpc) is 2.47. The van der Waals surface area contributed by atoms with Gasteiger partial charge in [-0.15, -0.1) is 0 Å². The van der Waals surface area contributed by atoms with E-state index < -0.39 is 10.0 Å². The number of nitrogens with zero attached hydrogens (tertiary/aromatic N) is 2. The van der Waals surface area contributed by atoms with E-state index >= 15 is 0 Å². The second-order valence-electron chi connectivity index (χ2n) is 4.24. The molecule has 2 heterocycles. The van der Waals surface area contributed by atoms with Gasteiger partial charge in [-0.1, -0.05) is 18.5 Å². The Balaban J connectivity index is 2.34. The zero-order chi connectivity index (χ0) is 15.3. The molecule has 0 amide bonds. The van der Waals surface area contributed by atoms with E-state index in [4.69, 9.17) is 11.6 Å².